The van der Waals surface area contributed by atoms with Gasteiger partial charge in [-0.3, -0.25) is 4.79 Å². The van der Waals surface area contributed by atoms with E-state index in [0.29, 0.717) is 5.88 Å². The Morgan fingerprint density at radius 1 is 1.42 bits per heavy atom. The van der Waals surface area contributed by atoms with Gasteiger partial charge in [0.05, 0.1) is 6.61 Å². The van der Waals surface area contributed by atoms with E-state index in [4.69, 9.17) is 16.3 Å². The first-order valence-corrected chi connectivity index (χ1v) is 7.36. The van der Waals surface area contributed by atoms with Crippen molar-refractivity contribution in [2.75, 3.05) is 19.0 Å². The normalized spacial score (nSPS) is 18.6. The van der Waals surface area contributed by atoms with E-state index in [-0.39, 0.29) is 11.3 Å². The molecule has 0 aromatic heterocycles. The summed E-state index contributed by atoms with van der Waals surface area (Å²) >= 11 is 5.80. The molecule has 0 saturated heterocycles. The van der Waals surface area contributed by atoms with Crippen LogP contribution >= 0.6 is 11.6 Å². The molecule has 0 atom stereocenters. The average Bonchev–Trinajstić information content (AvgIpc) is 3.02. The van der Waals surface area contributed by atoms with Crippen LogP contribution in [0.3, 0.4) is 0 Å². The number of ether oxygens (including phenoxy) is 1. The van der Waals surface area contributed by atoms with Gasteiger partial charge in [-0.05, 0) is 48.4 Å². The molecule has 0 bridgehead atoms. The molecule has 1 aromatic carbocycles. The summed E-state index contributed by atoms with van der Waals surface area (Å²) in [5.41, 5.74) is 2.14. The molecule has 1 aliphatic heterocycles. The number of carbonyl (C=O) groups excluding carboxylic acids is 1. The SMILES string of the molecule is O=C(NCC1(CCCl)CC1)c1ccc2c(c1)CCO2. The number of hydrogen-bond acceptors (Lipinski definition) is 2. The topological polar surface area (TPSA) is 38.3 Å². The first-order valence-electron chi connectivity index (χ1n) is 6.82. The van der Waals surface area contributed by atoms with Crippen LogP contribution in [0.5, 0.6) is 5.75 Å². The number of fused-ring (bicyclic) bond motifs is 1. The molecule has 102 valence electrons. The Kier molecular flexibility index (Phi) is 3.40. The minimum absolute atomic E-state index is 0.00977. The van der Waals surface area contributed by atoms with Gasteiger partial charge in [0.25, 0.3) is 5.91 Å². The van der Waals surface area contributed by atoms with Crippen LogP contribution in [0, 0.1) is 5.41 Å². The third kappa shape index (κ3) is 2.71. The van der Waals surface area contributed by atoms with E-state index in [2.05, 4.69) is 5.32 Å². The average molecular weight is 280 g/mol. The summed E-state index contributed by atoms with van der Waals surface area (Å²) < 4.78 is 5.44. The van der Waals surface area contributed by atoms with Crippen LogP contribution in [0.2, 0.25) is 0 Å². The van der Waals surface area contributed by atoms with Crippen molar-refractivity contribution in [3.05, 3.63) is 29.3 Å². The van der Waals surface area contributed by atoms with Gasteiger partial charge in [-0.25, -0.2) is 0 Å². The first kappa shape index (κ1) is 12.8. The van der Waals surface area contributed by atoms with Crippen LogP contribution in [-0.4, -0.2) is 24.9 Å². The first-order chi connectivity index (χ1) is 9.22. The van der Waals surface area contributed by atoms with Gasteiger partial charge >= 0.3 is 0 Å². The van der Waals surface area contributed by atoms with Crippen LogP contribution in [0.4, 0.5) is 0 Å². The number of hydrogen-bond donors (Lipinski definition) is 1. The van der Waals surface area contributed by atoms with Gasteiger partial charge in [-0.15, -0.1) is 11.6 Å². The van der Waals surface area contributed by atoms with E-state index < -0.39 is 0 Å². The Labute approximate surface area is 118 Å². The maximum Gasteiger partial charge on any atom is 0.251 e. The molecule has 1 amide bonds. The van der Waals surface area contributed by atoms with Gasteiger partial charge in [-0.2, -0.15) is 0 Å². The molecular formula is C15H18ClNO2. The molecule has 0 spiro atoms. The summed E-state index contributed by atoms with van der Waals surface area (Å²) in [5.74, 6) is 1.60. The van der Waals surface area contributed by atoms with E-state index in [1.165, 1.54) is 12.8 Å². The van der Waals surface area contributed by atoms with E-state index in [9.17, 15) is 4.79 Å². The number of carbonyl (C=O) groups is 1. The lowest BCUT2D eigenvalue weighted by Crippen LogP contribution is -2.30. The molecule has 4 heteroatoms. The highest BCUT2D eigenvalue weighted by Gasteiger charge is 2.41. The highest BCUT2D eigenvalue weighted by molar-refractivity contribution is 6.17. The van der Waals surface area contributed by atoms with Gasteiger partial charge in [-0.1, -0.05) is 0 Å². The quantitative estimate of drug-likeness (QED) is 0.842. The van der Waals surface area contributed by atoms with Crippen molar-refractivity contribution in [2.24, 2.45) is 5.41 Å². The van der Waals surface area contributed by atoms with Crippen LogP contribution in [0.25, 0.3) is 0 Å². The fourth-order valence-corrected chi connectivity index (χ4v) is 2.99. The fraction of sp³-hybridized carbons (Fsp3) is 0.533. The molecule has 3 rings (SSSR count). The molecular weight excluding hydrogens is 262 g/mol. The molecule has 2 aliphatic rings. The Bertz CT molecular complexity index is 497. The fourth-order valence-electron chi connectivity index (χ4n) is 2.59. The van der Waals surface area contributed by atoms with Crippen LogP contribution in [0.15, 0.2) is 18.2 Å². The van der Waals surface area contributed by atoms with Gasteiger partial charge in [0, 0.05) is 24.4 Å². The monoisotopic (exact) mass is 279 g/mol. The molecule has 1 fully saturated rings. The summed E-state index contributed by atoms with van der Waals surface area (Å²) in [7, 11) is 0. The summed E-state index contributed by atoms with van der Waals surface area (Å²) in [5, 5.41) is 3.04. The maximum atomic E-state index is 12.1. The van der Waals surface area contributed by atoms with Crippen molar-refractivity contribution in [3.8, 4) is 5.75 Å². The van der Waals surface area contributed by atoms with Gasteiger partial charge in [0.2, 0.25) is 0 Å². The largest absolute Gasteiger partial charge is 0.493 e. The predicted octanol–water partition coefficient (Wildman–Crippen LogP) is 2.76. The van der Waals surface area contributed by atoms with Gasteiger partial charge < -0.3 is 10.1 Å². The third-order valence-corrected chi connectivity index (χ3v) is 4.35. The lowest BCUT2D eigenvalue weighted by molar-refractivity contribution is 0.0944. The third-order valence-electron chi connectivity index (χ3n) is 4.16. The number of alkyl halides is 1. The smallest absolute Gasteiger partial charge is 0.251 e. The maximum absolute atomic E-state index is 12.1. The number of halogens is 1. The summed E-state index contributed by atoms with van der Waals surface area (Å²) in [6, 6.07) is 5.67. The molecule has 1 aromatic rings. The Morgan fingerprint density at radius 3 is 3.00 bits per heavy atom. The Hall–Kier alpha value is -1.22. The van der Waals surface area contributed by atoms with Crippen LogP contribution in [-0.2, 0) is 6.42 Å². The Morgan fingerprint density at radius 2 is 2.26 bits per heavy atom. The van der Waals surface area contributed by atoms with Crippen molar-refractivity contribution in [3.63, 3.8) is 0 Å². The molecule has 1 saturated carbocycles. The molecule has 0 radical (unpaired) electrons. The van der Waals surface area contributed by atoms with Crippen molar-refractivity contribution >= 4 is 17.5 Å². The summed E-state index contributed by atoms with van der Waals surface area (Å²) in [4.78, 5) is 12.1. The molecule has 1 heterocycles. The lowest BCUT2D eigenvalue weighted by atomic mass is 10.0. The van der Waals surface area contributed by atoms with E-state index >= 15 is 0 Å². The van der Waals surface area contributed by atoms with Crippen molar-refractivity contribution in [1.82, 2.24) is 5.32 Å². The highest BCUT2D eigenvalue weighted by atomic mass is 35.5. The molecule has 3 nitrogen and oxygen atoms in total. The van der Waals surface area contributed by atoms with Crippen LogP contribution < -0.4 is 10.1 Å². The van der Waals surface area contributed by atoms with E-state index in [1.54, 1.807) is 0 Å². The highest BCUT2D eigenvalue weighted by Crippen LogP contribution is 2.48. The second kappa shape index (κ2) is 5.04. The molecule has 1 N–H and O–H groups in total. The van der Waals surface area contributed by atoms with Crippen molar-refractivity contribution in [1.29, 1.82) is 0 Å². The number of nitrogens with one attached hydrogen (secondary N) is 1. The number of rotatable bonds is 5. The second-order valence-corrected chi connectivity index (χ2v) is 5.92. The zero-order valence-electron chi connectivity index (χ0n) is 10.9. The molecule has 19 heavy (non-hydrogen) atoms. The number of amides is 1. The summed E-state index contributed by atoms with van der Waals surface area (Å²) in [6.07, 6.45) is 4.25. The van der Waals surface area contributed by atoms with Crippen molar-refractivity contribution < 1.29 is 9.53 Å². The van der Waals surface area contributed by atoms with Crippen molar-refractivity contribution in [2.45, 2.75) is 25.7 Å². The summed E-state index contributed by atoms with van der Waals surface area (Å²) in [6.45, 7) is 1.46. The van der Waals surface area contributed by atoms with Crippen LogP contribution in [0.1, 0.15) is 35.2 Å². The number of benzene rings is 1. The zero-order chi connectivity index (χ0) is 13.3. The Balaban J connectivity index is 1.61. The van der Waals surface area contributed by atoms with E-state index in [0.717, 1.165) is 42.9 Å². The van der Waals surface area contributed by atoms with Gasteiger partial charge in [0.1, 0.15) is 5.75 Å². The lowest BCUT2D eigenvalue weighted by Gasteiger charge is -2.14. The molecule has 1 aliphatic carbocycles. The molecule has 0 unspecified atom stereocenters. The zero-order valence-corrected chi connectivity index (χ0v) is 11.6. The van der Waals surface area contributed by atoms with E-state index in [1.807, 2.05) is 18.2 Å². The van der Waals surface area contributed by atoms with Gasteiger partial charge in [0.15, 0.2) is 0 Å². The minimum Gasteiger partial charge on any atom is -0.493 e. The second-order valence-electron chi connectivity index (χ2n) is 5.54. The minimum atomic E-state index is 0.00977. The standard InChI is InChI=1S/C15H18ClNO2/c16-7-6-15(4-5-15)10-17-14(18)12-1-2-13-11(9-12)3-8-19-13/h1-2,9H,3-8,10H2,(H,17,18). The predicted molar refractivity (Wildman–Crippen MR) is 75.0 cm³/mol.